The summed E-state index contributed by atoms with van der Waals surface area (Å²) in [6, 6.07) is 8.45. The highest BCUT2D eigenvalue weighted by atomic mass is 32.1. The van der Waals surface area contributed by atoms with Gasteiger partial charge in [0.15, 0.2) is 11.6 Å². The monoisotopic (exact) mass is 485 g/mol. The van der Waals surface area contributed by atoms with Crippen molar-refractivity contribution < 1.29 is 28.2 Å². The van der Waals surface area contributed by atoms with E-state index in [1.54, 1.807) is 6.07 Å². The van der Waals surface area contributed by atoms with Gasteiger partial charge in [-0.2, -0.15) is 5.26 Å². The van der Waals surface area contributed by atoms with E-state index in [0.29, 0.717) is 22.6 Å². The lowest BCUT2D eigenvalue weighted by atomic mass is 9.95. The first-order chi connectivity index (χ1) is 16.2. The Morgan fingerprint density at radius 2 is 1.97 bits per heavy atom. The Kier molecular flexibility index (Phi) is 7.58. The fraction of sp³-hybridized carbons (Fsp3) is 0.250. The van der Waals surface area contributed by atoms with E-state index >= 15 is 0 Å². The van der Waals surface area contributed by atoms with Crippen molar-refractivity contribution in [2.24, 2.45) is 5.92 Å². The summed E-state index contributed by atoms with van der Waals surface area (Å²) >= 11 is 0.999. The van der Waals surface area contributed by atoms with E-state index in [1.165, 1.54) is 12.1 Å². The molecule has 0 atom stereocenters. The number of nitrogens with zero attached hydrogens (tertiary/aromatic N) is 2. The molecule has 0 radical (unpaired) electrons. The molecule has 176 valence electrons. The molecule has 0 saturated carbocycles. The maximum absolute atomic E-state index is 13.4. The molecule has 0 unspecified atom stereocenters. The Hall–Kier alpha value is -3.84. The molecule has 1 aromatic carbocycles. The number of thiophene rings is 1. The van der Waals surface area contributed by atoms with E-state index in [2.05, 4.69) is 16.4 Å². The largest absolute Gasteiger partial charge is 0.493 e. The molecule has 0 spiro atoms. The zero-order valence-electron chi connectivity index (χ0n) is 18.6. The summed E-state index contributed by atoms with van der Waals surface area (Å²) in [6.07, 6.45) is 0.387. The van der Waals surface area contributed by atoms with E-state index in [1.807, 2.05) is 13.8 Å². The van der Waals surface area contributed by atoms with Gasteiger partial charge in [-0.05, 0) is 42.2 Å². The SMILES string of the molecule is COC(=O)c1c(O)nc(CC(C)C)c(C#N)c1-c1ccc(C(=O)NCc2ccc(F)c(F)c2)s1. The number of amides is 1. The Labute approximate surface area is 198 Å². The van der Waals surface area contributed by atoms with E-state index in [4.69, 9.17) is 4.74 Å². The van der Waals surface area contributed by atoms with Crippen molar-refractivity contribution in [3.63, 3.8) is 0 Å². The molecule has 1 amide bonds. The molecule has 0 fully saturated rings. The standard InChI is InChI=1S/C24H21F2N3O4S/c1-12(2)8-17-14(10-27)20(21(23(31)29-17)24(32)33-3)18-6-7-19(34-18)22(30)28-11-13-4-5-15(25)16(26)9-13/h4-7,9,12H,8,11H2,1-3H3,(H,28,30)(H,29,31). The van der Waals surface area contributed by atoms with Crippen LogP contribution in [0, 0.1) is 28.9 Å². The van der Waals surface area contributed by atoms with Gasteiger partial charge in [-0.3, -0.25) is 4.79 Å². The molecule has 0 bridgehead atoms. The number of nitrogens with one attached hydrogen (secondary N) is 1. The summed E-state index contributed by atoms with van der Waals surface area (Å²) in [5, 5.41) is 23.0. The molecule has 2 N–H and O–H groups in total. The van der Waals surface area contributed by atoms with E-state index in [-0.39, 0.29) is 34.0 Å². The number of pyridine rings is 1. The predicted octanol–water partition coefficient (Wildman–Crippen LogP) is 4.58. The second-order valence-electron chi connectivity index (χ2n) is 7.80. The quantitative estimate of drug-likeness (QED) is 0.474. The van der Waals surface area contributed by atoms with Crippen molar-refractivity contribution >= 4 is 23.2 Å². The maximum atomic E-state index is 13.4. The molecule has 10 heteroatoms. The number of carbonyl (C=O) groups excluding carboxylic acids is 2. The van der Waals surface area contributed by atoms with Crippen LogP contribution in [0.4, 0.5) is 8.78 Å². The number of nitriles is 1. The van der Waals surface area contributed by atoms with Crippen LogP contribution in [0.15, 0.2) is 30.3 Å². The zero-order chi connectivity index (χ0) is 25.0. The van der Waals surface area contributed by atoms with Crippen molar-refractivity contribution in [1.29, 1.82) is 5.26 Å². The van der Waals surface area contributed by atoms with Crippen molar-refractivity contribution in [3.8, 4) is 22.4 Å². The van der Waals surface area contributed by atoms with Crippen LogP contribution in [-0.2, 0) is 17.7 Å². The van der Waals surface area contributed by atoms with Crippen LogP contribution in [0.1, 0.15) is 50.7 Å². The number of esters is 1. The normalized spacial score (nSPS) is 10.7. The lowest BCUT2D eigenvalue weighted by molar-refractivity contribution is 0.0597. The number of hydrogen-bond acceptors (Lipinski definition) is 7. The molecule has 2 aromatic heterocycles. The molecule has 3 rings (SSSR count). The van der Waals surface area contributed by atoms with Gasteiger partial charge in [0.25, 0.3) is 5.91 Å². The first kappa shape index (κ1) is 24.8. The number of rotatable bonds is 7. The first-order valence-electron chi connectivity index (χ1n) is 10.2. The number of ether oxygens (including phenoxy) is 1. The fourth-order valence-electron chi connectivity index (χ4n) is 3.33. The van der Waals surface area contributed by atoms with Crippen LogP contribution >= 0.6 is 11.3 Å². The van der Waals surface area contributed by atoms with Crippen LogP contribution in [0.25, 0.3) is 10.4 Å². The molecule has 0 aliphatic rings. The second kappa shape index (κ2) is 10.4. The van der Waals surface area contributed by atoms with Crippen LogP contribution in [0.2, 0.25) is 0 Å². The fourth-order valence-corrected chi connectivity index (χ4v) is 4.31. The first-order valence-corrected chi connectivity index (χ1v) is 11.0. The number of benzene rings is 1. The van der Waals surface area contributed by atoms with Gasteiger partial charge in [0.2, 0.25) is 5.88 Å². The molecule has 0 aliphatic carbocycles. The number of hydrogen-bond donors (Lipinski definition) is 2. The van der Waals surface area contributed by atoms with Gasteiger partial charge >= 0.3 is 5.97 Å². The summed E-state index contributed by atoms with van der Waals surface area (Å²) < 4.78 is 31.3. The molecular formula is C24H21F2N3O4S. The Morgan fingerprint density at radius 3 is 2.59 bits per heavy atom. The Balaban J connectivity index is 1.98. The average molecular weight is 486 g/mol. The Bertz CT molecular complexity index is 1300. The average Bonchev–Trinajstić information content (AvgIpc) is 3.28. The third kappa shape index (κ3) is 5.21. The smallest absolute Gasteiger partial charge is 0.344 e. The van der Waals surface area contributed by atoms with Gasteiger partial charge < -0.3 is 15.2 Å². The third-order valence-electron chi connectivity index (χ3n) is 4.87. The van der Waals surface area contributed by atoms with E-state index in [9.17, 15) is 28.7 Å². The zero-order valence-corrected chi connectivity index (χ0v) is 19.4. The molecule has 2 heterocycles. The second-order valence-corrected chi connectivity index (χ2v) is 8.89. The van der Waals surface area contributed by atoms with Gasteiger partial charge in [0, 0.05) is 17.0 Å². The van der Waals surface area contributed by atoms with Crippen LogP contribution in [0.5, 0.6) is 5.88 Å². The van der Waals surface area contributed by atoms with Gasteiger partial charge in [0.1, 0.15) is 11.6 Å². The number of methoxy groups -OCH3 is 1. The van der Waals surface area contributed by atoms with E-state index < -0.39 is 29.4 Å². The topological polar surface area (TPSA) is 112 Å². The van der Waals surface area contributed by atoms with Crippen molar-refractivity contribution in [2.45, 2.75) is 26.8 Å². The highest BCUT2D eigenvalue weighted by molar-refractivity contribution is 7.17. The molecule has 34 heavy (non-hydrogen) atoms. The van der Waals surface area contributed by atoms with Gasteiger partial charge in [-0.1, -0.05) is 19.9 Å². The molecule has 0 saturated heterocycles. The molecular weight excluding hydrogens is 464 g/mol. The molecule has 0 aliphatic heterocycles. The van der Waals surface area contributed by atoms with Crippen LogP contribution < -0.4 is 5.32 Å². The summed E-state index contributed by atoms with van der Waals surface area (Å²) in [5.41, 5.74) is 0.698. The maximum Gasteiger partial charge on any atom is 0.344 e. The van der Waals surface area contributed by atoms with Crippen LogP contribution in [-0.4, -0.2) is 29.1 Å². The summed E-state index contributed by atoms with van der Waals surface area (Å²) in [7, 11) is 1.14. The third-order valence-corrected chi connectivity index (χ3v) is 5.97. The van der Waals surface area contributed by atoms with Gasteiger partial charge in [0.05, 0.1) is 23.2 Å². The minimum absolute atomic E-state index is 0.0330. The lowest BCUT2D eigenvalue weighted by Crippen LogP contribution is -2.21. The molecule has 7 nitrogen and oxygen atoms in total. The number of aromatic nitrogens is 1. The predicted molar refractivity (Wildman–Crippen MR) is 121 cm³/mol. The Morgan fingerprint density at radius 1 is 1.24 bits per heavy atom. The number of aromatic hydroxyl groups is 1. The van der Waals surface area contributed by atoms with Crippen molar-refractivity contribution in [2.75, 3.05) is 7.11 Å². The highest BCUT2D eigenvalue weighted by Gasteiger charge is 2.28. The summed E-state index contributed by atoms with van der Waals surface area (Å²) in [5.74, 6) is -3.79. The minimum atomic E-state index is -1.01. The van der Waals surface area contributed by atoms with Gasteiger partial charge in [-0.15, -0.1) is 11.3 Å². The highest BCUT2D eigenvalue weighted by Crippen LogP contribution is 2.38. The number of carbonyl (C=O) groups is 2. The molecule has 3 aromatic rings. The summed E-state index contributed by atoms with van der Waals surface area (Å²) in [6.45, 7) is 3.82. The summed E-state index contributed by atoms with van der Waals surface area (Å²) in [4.78, 5) is 29.7. The minimum Gasteiger partial charge on any atom is -0.493 e. The van der Waals surface area contributed by atoms with Crippen molar-refractivity contribution in [3.05, 3.63) is 69.2 Å². The van der Waals surface area contributed by atoms with Gasteiger partial charge in [-0.25, -0.2) is 18.6 Å². The lowest BCUT2D eigenvalue weighted by Gasteiger charge is -2.14. The number of halogens is 2. The van der Waals surface area contributed by atoms with E-state index in [0.717, 1.165) is 30.6 Å². The van der Waals surface area contributed by atoms with Crippen molar-refractivity contribution in [1.82, 2.24) is 10.3 Å². The van der Waals surface area contributed by atoms with Crippen LogP contribution in [0.3, 0.4) is 0 Å².